The van der Waals surface area contributed by atoms with Crippen molar-refractivity contribution in [3.63, 3.8) is 0 Å². The van der Waals surface area contributed by atoms with E-state index in [1.807, 2.05) is 35.0 Å². The Morgan fingerprint density at radius 3 is 2.71 bits per heavy atom. The molecule has 0 saturated carbocycles. The summed E-state index contributed by atoms with van der Waals surface area (Å²) in [4.78, 5) is 0. The molecule has 1 aromatic carbocycles. The Bertz CT molecular complexity index is 522. The van der Waals surface area contributed by atoms with E-state index in [-0.39, 0.29) is 0 Å². The van der Waals surface area contributed by atoms with E-state index < -0.39 is 0 Å². The van der Waals surface area contributed by atoms with Gasteiger partial charge in [0.1, 0.15) is 0 Å². The fraction of sp³-hybridized carbons (Fsp3) is 0.231. The van der Waals surface area contributed by atoms with Gasteiger partial charge in [-0.3, -0.25) is 4.68 Å². The van der Waals surface area contributed by atoms with E-state index in [9.17, 15) is 0 Å². The molecule has 2 rings (SSSR count). The summed E-state index contributed by atoms with van der Waals surface area (Å²) in [7, 11) is 0. The molecule has 1 aromatic heterocycles. The van der Waals surface area contributed by atoms with Crippen molar-refractivity contribution in [3.05, 3.63) is 42.1 Å². The summed E-state index contributed by atoms with van der Waals surface area (Å²) in [5.74, 6) is 0. The first-order valence-corrected chi connectivity index (χ1v) is 5.54. The lowest BCUT2D eigenvalue weighted by atomic mass is 10.1. The topological polar surface area (TPSA) is 67.6 Å². The summed E-state index contributed by atoms with van der Waals surface area (Å²) < 4.78 is 1.85. The highest BCUT2D eigenvalue weighted by Crippen LogP contribution is 2.23. The van der Waals surface area contributed by atoms with E-state index in [1.54, 1.807) is 6.20 Å². The van der Waals surface area contributed by atoms with Gasteiger partial charge in [0, 0.05) is 17.7 Å². The fourth-order valence-corrected chi connectivity index (χ4v) is 1.83. The number of nitriles is 1. The molecule has 0 saturated heterocycles. The van der Waals surface area contributed by atoms with Crippen LogP contribution < -0.4 is 5.73 Å². The minimum atomic E-state index is 0.450. The molecule has 0 bridgehead atoms. The van der Waals surface area contributed by atoms with Crippen molar-refractivity contribution in [1.82, 2.24) is 9.78 Å². The van der Waals surface area contributed by atoms with Crippen molar-refractivity contribution >= 4 is 0 Å². The number of nitrogens with two attached hydrogens (primary N) is 1. The molecule has 0 fully saturated rings. The van der Waals surface area contributed by atoms with Crippen molar-refractivity contribution in [1.29, 1.82) is 5.26 Å². The zero-order valence-corrected chi connectivity index (χ0v) is 9.50. The van der Waals surface area contributed by atoms with E-state index in [0.717, 1.165) is 16.8 Å². The second-order valence-corrected chi connectivity index (χ2v) is 3.72. The molecule has 0 aliphatic heterocycles. The largest absolute Gasteiger partial charge is 0.326 e. The normalized spacial score (nSPS) is 10.1. The molecule has 0 radical (unpaired) electrons. The number of aromatic nitrogens is 2. The van der Waals surface area contributed by atoms with Crippen LogP contribution >= 0.6 is 0 Å². The zero-order chi connectivity index (χ0) is 12.1. The Hall–Kier alpha value is -2.12. The van der Waals surface area contributed by atoms with Crippen molar-refractivity contribution in [2.24, 2.45) is 5.73 Å². The van der Waals surface area contributed by atoms with Crippen LogP contribution in [0.25, 0.3) is 11.3 Å². The van der Waals surface area contributed by atoms with Crippen molar-refractivity contribution in [2.45, 2.75) is 19.5 Å². The molecule has 0 aliphatic rings. The van der Waals surface area contributed by atoms with Crippen LogP contribution in [-0.4, -0.2) is 9.78 Å². The van der Waals surface area contributed by atoms with Gasteiger partial charge in [-0.05, 0) is 0 Å². The van der Waals surface area contributed by atoms with E-state index in [4.69, 9.17) is 11.0 Å². The molecule has 4 nitrogen and oxygen atoms in total. The summed E-state index contributed by atoms with van der Waals surface area (Å²) >= 11 is 0. The second kappa shape index (κ2) is 5.28. The van der Waals surface area contributed by atoms with Crippen LogP contribution in [0.4, 0.5) is 0 Å². The Kier molecular flexibility index (Phi) is 3.53. The first-order valence-electron chi connectivity index (χ1n) is 5.54. The third-order valence-corrected chi connectivity index (χ3v) is 2.62. The molecule has 0 atom stereocenters. The van der Waals surface area contributed by atoms with Crippen molar-refractivity contribution in [3.8, 4) is 17.3 Å². The van der Waals surface area contributed by atoms with Crippen LogP contribution in [0.1, 0.15) is 12.0 Å². The van der Waals surface area contributed by atoms with Crippen LogP contribution in [0.3, 0.4) is 0 Å². The smallest absolute Gasteiger partial charge is 0.0727 e. The Morgan fingerprint density at radius 1 is 1.29 bits per heavy atom. The number of aryl methyl sites for hydroxylation is 1. The Balaban J connectivity index is 2.43. The summed E-state index contributed by atoms with van der Waals surface area (Å²) in [5.41, 5.74) is 8.82. The van der Waals surface area contributed by atoms with Gasteiger partial charge in [-0.25, -0.2) is 0 Å². The standard InChI is InChI=1S/C13H14N4/c14-7-4-8-17-13(12(9-15)10-16-17)11-5-2-1-3-6-11/h1-3,5-6,10H,4,8-9,15H2. The predicted molar refractivity (Wildman–Crippen MR) is 65.8 cm³/mol. The minimum absolute atomic E-state index is 0.450. The van der Waals surface area contributed by atoms with E-state index in [2.05, 4.69) is 11.2 Å². The minimum Gasteiger partial charge on any atom is -0.326 e. The highest BCUT2D eigenvalue weighted by Gasteiger charge is 2.11. The second-order valence-electron chi connectivity index (χ2n) is 3.72. The van der Waals surface area contributed by atoms with Crippen LogP contribution in [0.5, 0.6) is 0 Å². The molecule has 0 aliphatic carbocycles. The third kappa shape index (κ3) is 2.35. The summed E-state index contributed by atoms with van der Waals surface area (Å²) in [5, 5.41) is 12.9. The quantitative estimate of drug-likeness (QED) is 0.866. The van der Waals surface area contributed by atoms with E-state index >= 15 is 0 Å². The van der Waals surface area contributed by atoms with Gasteiger partial charge in [-0.1, -0.05) is 30.3 Å². The highest BCUT2D eigenvalue weighted by molar-refractivity contribution is 5.63. The van der Waals surface area contributed by atoms with Gasteiger partial charge in [0.05, 0.1) is 30.9 Å². The Morgan fingerprint density at radius 2 is 2.06 bits per heavy atom. The SMILES string of the molecule is N#CCCn1ncc(CN)c1-c1ccccc1. The molecule has 4 heteroatoms. The molecule has 2 N–H and O–H groups in total. The number of rotatable bonds is 4. The average Bonchev–Trinajstić information content (AvgIpc) is 2.80. The molecule has 86 valence electrons. The summed E-state index contributed by atoms with van der Waals surface area (Å²) in [6.45, 7) is 1.05. The maximum atomic E-state index is 8.64. The maximum Gasteiger partial charge on any atom is 0.0727 e. The zero-order valence-electron chi connectivity index (χ0n) is 9.50. The Labute approximate surface area is 100 Å². The predicted octanol–water partition coefficient (Wildman–Crippen LogP) is 1.92. The van der Waals surface area contributed by atoms with E-state index in [1.165, 1.54) is 0 Å². The highest BCUT2D eigenvalue weighted by atomic mass is 15.3. The molecular formula is C13H14N4. The first kappa shape index (κ1) is 11.4. The van der Waals surface area contributed by atoms with Gasteiger partial charge in [0.25, 0.3) is 0 Å². The maximum absolute atomic E-state index is 8.64. The lowest BCUT2D eigenvalue weighted by Gasteiger charge is -2.07. The molecule has 17 heavy (non-hydrogen) atoms. The average molecular weight is 226 g/mol. The molecular weight excluding hydrogens is 212 g/mol. The van der Waals surface area contributed by atoms with Crippen molar-refractivity contribution in [2.75, 3.05) is 0 Å². The van der Waals surface area contributed by atoms with Crippen LogP contribution in [0.2, 0.25) is 0 Å². The van der Waals surface area contributed by atoms with Gasteiger partial charge in [0.2, 0.25) is 0 Å². The lowest BCUT2D eigenvalue weighted by molar-refractivity contribution is 0.634. The first-order chi connectivity index (χ1) is 8.36. The van der Waals surface area contributed by atoms with Crippen LogP contribution in [0.15, 0.2) is 36.5 Å². The molecule has 0 amide bonds. The molecule has 0 spiro atoms. The molecule has 0 unspecified atom stereocenters. The third-order valence-electron chi connectivity index (χ3n) is 2.62. The number of hydrogen-bond acceptors (Lipinski definition) is 3. The van der Waals surface area contributed by atoms with Crippen LogP contribution in [0, 0.1) is 11.3 Å². The lowest BCUT2D eigenvalue weighted by Crippen LogP contribution is -2.04. The van der Waals surface area contributed by atoms with Gasteiger partial charge in [0.15, 0.2) is 0 Å². The number of hydrogen-bond donors (Lipinski definition) is 1. The van der Waals surface area contributed by atoms with Gasteiger partial charge in [-0.2, -0.15) is 10.4 Å². The monoisotopic (exact) mass is 226 g/mol. The fourth-order valence-electron chi connectivity index (χ4n) is 1.83. The summed E-state index contributed by atoms with van der Waals surface area (Å²) in [6.07, 6.45) is 2.23. The van der Waals surface area contributed by atoms with E-state index in [0.29, 0.717) is 19.5 Å². The van der Waals surface area contributed by atoms with Crippen molar-refractivity contribution < 1.29 is 0 Å². The van der Waals surface area contributed by atoms with Crippen LogP contribution in [-0.2, 0) is 13.1 Å². The van der Waals surface area contributed by atoms with Gasteiger partial charge < -0.3 is 5.73 Å². The summed E-state index contributed by atoms with van der Waals surface area (Å²) in [6, 6.07) is 12.1. The van der Waals surface area contributed by atoms with Gasteiger partial charge >= 0.3 is 0 Å². The number of benzene rings is 1. The molecule has 1 heterocycles. The number of nitrogens with zero attached hydrogens (tertiary/aromatic N) is 3. The molecule has 2 aromatic rings. The van der Waals surface area contributed by atoms with Gasteiger partial charge in [-0.15, -0.1) is 0 Å².